The number of carbonyl (C=O) groups is 1. The molecule has 18 heavy (non-hydrogen) atoms. The first-order valence-electron chi connectivity index (χ1n) is 6.07. The van der Waals surface area contributed by atoms with Gasteiger partial charge in [-0.3, -0.25) is 4.79 Å². The predicted octanol–water partition coefficient (Wildman–Crippen LogP) is 2.96. The van der Waals surface area contributed by atoms with E-state index in [9.17, 15) is 4.79 Å². The Morgan fingerprint density at radius 2 is 2.17 bits per heavy atom. The average molecular weight is 313 g/mol. The molecule has 1 fully saturated rings. The Labute approximate surface area is 116 Å². The zero-order valence-corrected chi connectivity index (χ0v) is 12.0. The molecular weight excluding hydrogens is 296 g/mol. The molecule has 0 N–H and O–H groups in total. The lowest BCUT2D eigenvalue weighted by Gasteiger charge is -2.34. The molecule has 0 bridgehead atoms. The smallest absolute Gasteiger partial charge is 0.312 e. The molecule has 1 saturated heterocycles. The van der Waals surface area contributed by atoms with Gasteiger partial charge in [-0.15, -0.1) is 0 Å². The van der Waals surface area contributed by atoms with Crippen LogP contribution in [0, 0.1) is 5.41 Å². The fraction of sp³-hybridized carbons (Fsp3) is 0.500. The summed E-state index contributed by atoms with van der Waals surface area (Å²) < 4.78 is 11.4. The number of carbonyl (C=O) groups excluding carboxylic acids is 1. The van der Waals surface area contributed by atoms with Crippen molar-refractivity contribution in [3.05, 3.63) is 34.3 Å². The van der Waals surface area contributed by atoms with Crippen LogP contribution < -0.4 is 0 Å². The molecule has 0 radical (unpaired) electrons. The SMILES string of the molecule is COC(=O)C1(Cc2cccc(Br)c2)CCOCC1. The Morgan fingerprint density at radius 1 is 1.44 bits per heavy atom. The Bertz CT molecular complexity index is 425. The molecule has 0 atom stereocenters. The van der Waals surface area contributed by atoms with Crippen LogP contribution in [0.4, 0.5) is 0 Å². The second-order valence-electron chi connectivity index (χ2n) is 4.69. The second kappa shape index (κ2) is 5.85. The summed E-state index contributed by atoms with van der Waals surface area (Å²) in [6.45, 7) is 1.26. The van der Waals surface area contributed by atoms with E-state index in [0.29, 0.717) is 19.6 Å². The van der Waals surface area contributed by atoms with E-state index in [4.69, 9.17) is 9.47 Å². The minimum Gasteiger partial charge on any atom is -0.469 e. The fourth-order valence-electron chi connectivity index (χ4n) is 2.47. The zero-order chi connectivity index (χ0) is 13.0. The van der Waals surface area contributed by atoms with E-state index in [-0.39, 0.29) is 5.97 Å². The van der Waals surface area contributed by atoms with Crippen molar-refractivity contribution in [1.29, 1.82) is 0 Å². The van der Waals surface area contributed by atoms with Crippen molar-refractivity contribution >= 4 is 21.9 Å². The van der Waals surface area contributed by atoms with Crippen LogP contribution in [0.3, 0.4) is 0 Å². The molecule has 1 aromatic rings. The molecule has 2 rings (SSSR count). The Kier molecular flexibility index (Phi) is 4.40. The molecule has 1 aromatic carbocycles. The van der Waals surface area contributed by atoms with Gasteiger partial charge >= 0.3 is 5.97 Å². The normalized spacial score (nSPS) is 18.3. The number of benzene rings is 1. The molecule has 1 aliphatic heterocycles. The molecule has 0 unspecified atom stereocenters. The van der Waals surface area contributed by atoms with Crippen LogP contribution in [0.5, 0.6) is 0 Å². The number of halogens is 1. The topological polar surface area (TPSA) is 35.5 Å². The van der Waals surface area contributed by atoms with Gasteiger partial charge < -0.3 is 9.47 Å². The van der Waals surface area contributed by atoms with Crippen molar-refractivity contribution in [1.82, 2.24) is 0 Å². The summed E-state index contributed by atoms with van der Waals surface area (Å²) in [4.78, 5) is 12.1. The summed E-state index contributed by atoms with van der Waals surface area (Å²) in [7, 11) is 1.46. The van der Waals surface area contributed by atoms with Crippen molar-refractivity contribution in [3.8, 4) is 0 Å². The molecule has 0 amide bonds. The Balaban J connectivity index is 2.22. The number of hydrogen-bond acceptors (Lipinski definition) is 3. The molecule has 1 heterocycles. The molecule has 4 heteroatoms. The van der Waals surface area contributed by atoms with Gasteiger partial charge in [-0.25, -0.2) is 0 Å². The van der Waals surface area contributed by atoms with Gasteiger partial charge in [0.05, 0.1) is 12.5 Å². The van der Waals surface area contributed by atoms with Crippen LogP contribution in [0.25, 0.3) is 0 Å². The lowest BCUT2D eigenvalue weighted by Crippen LogP contribution is -2.40. The highest BCUT2D eigenvalue weighted by Gasteiger charge is 2.41. The predicted molar refractivity (Wildman–Crippen MR) is 72.3 cm³/mol. The van der Waals surface area contributed by atoms with Crippen molar-refractivity contribution in [2.75, 3.05) is 20.3 Å². The number of esters is 1. The summed E-state index contributed by atoms with van der Waals surface area (Å²) in [6.07, 6.45) is 2.17. The molecule has 1 aliphatic rings. The van der Waals surface area contributed by atoms with Crippen LogP contribution in [0.2, 0.25) is 0 Å². The quantitative estimate of drug-likeness (QED) is 0.805. The van der Waals surface area contributed by atoms with E-state index in [1.165, 1.54) is 7.11 Å². The first-order valence-corrected chi connectivity index (χ1v) is 6.86. The maximum absolute atomic E-state index is 12.1. The number of methoxy groups -OCH3 is 1. The number of ether oxygens (including phenoxy) is 2. The number of rotatable bonds is 3. The number of hydrogen-bond donors (Lipinski definition) is 0. The van der Waals surface area contributed by atoms with Gasteiger partial charge in [0.2, 0.25) is 0 Å². The first-order chi connectivity index (χ1) is 8.66. The molecule has 0 aromatic heterocycles. The van der Waals surface area contributed by atoms with Gasteiger partial charge in [-0.2, -0.15) is 0 Å². The fourth-order valence-corrected chi connectivity index (χ4v) is 2.92. The van der Waals surface area contributed by atoms with Crippen LogP contribution in [0.15, 0.2) is 28.7 Å². The third kappa shape index (κ3) is 2.93. The molecule has 0 aliphatic carbocycles. The van der Waals surface area contributed by atoms with Crippen molar-refractivity contribution in [2.24, 2.45) is 5.41 Å². The van der Waals surface area contributed by atoms with Crippen LogP contribution >= 0.6 is 15.9 Å². The highest BCUT2D eigenvalue weighted by atomic mass is 79.9. The summed E-state index contributed by atoms with van der Waals surface area (Å²) in [5, 5.41) is 0. The average Bonchev–Trinajstić information content (AvgIpc) is 2.39. The van der Waals surface area contributed by atoms with Crippen LogP contribution in [0.1, 0.15) is 18.4 Å². The minimum atomic E-state index is -0.423. The van der Waals surface area contributed by atoms with Gasteiger partial charge in [0.25, 0.3) is 0 Å². The Morgan fingerprint density at radius 3 is 2.78 bits per heavy atom. The van der Waals surface area contributed by atoms with Crippen molar-refractivity contribution < 1.29 is 14.3 Å². The first kappa shape index (κ1) is 13.6. The highest BCUT2D eigenvalue weighted by molar-refractivity contribution is 9.10. The highest BCUT2D eigenvalue weighted by Crippen LogP contribution is 2.36. The molecular formula is C14H17BrO3. The summed E-state index contributed by atoms with van der Waals surface area (Å²) in [5.74, 6) is -0.120. The van der Waals surface area contributed by atoms with E-state index >= 15 is 0 Å². The van der Waals surface area contributed by atoms with Crippen molar-refractivity contribution in [3.63, 3.8) is 0 Å². The Hall–Kier alpha value is -0.870. The van der Waals surface area contributed by atoms with Gasteiger partial charge in [-0.1, -0.05) is 28.1 Å². The largest absolute Gasteiger partial charge is 0.469 e. The van der Waals surface area contributed by atoms with Crippen LogP contribution in [-0.2, 0) is 20.7 Å². The third-order valence-electron chi connectivity index (χ3n) is 3.50. The van der Waals surface area contributed by atoms with Gasteiger partial charge in [0.1, 0.15) is 0 Å². The molecule has 0 saturated carbocycles. The standard InChI is InChI=1S/C14H17BrO3/c1-17-13(16)14(5-7-18-8-6-14)10-11-3-2-4-12(15)9-11/h2-4,9H,5-8,10H2,1H3. The molecule has 98 valence electrons. The third-order valence-corrected chi connectivity index (χ3v) is 3.99. The lowest BCUT2D eigenvalue weighted by atomic mass is 9.75. The lowest BCUT2D eigenvalue weighted by molar-refractivity contribution is -0.158. The maximum Gasteiger partial charge on any atom is 0.312 e. The van der Waals surface area contributed by atoms with E-state index in [1.54, 1.807) is 0 Å². The van der Waals surface area contributed by atoms with E-state index in [2.05, 4.69) is 22.0 Å². The van der Waals surface area contributed by atoms with Crippen LogP contribution in [-0.4, -0.2) is 26.3 Å². The summed E-state index contributed by atoms with van der Waals surface area (Å²) in [5.41, 5.74) is 0.727. The summed E-state index contributed by atoms with van der Waals surface area (Å²) in [6, 6.07) is 8.08. The van der Waals surface area contributed by atoms with E-state index in [1.807, 2.05) is 18.2 Å². The minimum absolute atomic E-state index is 0.120. The van der Waals surface area contributed by atoms with Gasteiger partial charge in [-0.05, 0) is 37.0 Å². The second-order valence-corrected chi connectivity index (χ2v) is 5.61. The monoisotopic (exact) mass is 312 g/mol. The zero-order valence-electron chi connectivity index (χ0n) is 10.4. The molecule has 0 spiro atoms. The van der Waals surface area contributed by atoms with Crippen molar-refractivity contribution in [2.45, 2.75) is 19.3 Å². The molecule has 3 nitrogen and oxygen atoms in total. The van der Waals surface area contributed by atoms with Gasteiger partial charge in [0.15, 0.2) is 0 Å². The van der Waals surface area contributed by atoms with E-state index < -0.39 is 5.41 Å². The van der Waals surface area contributed by atoms with E-state index in [0.717, 1.165) is 22.9 Å². The maximum atomic E-state index is 12.1. The van der Waals surface area contributed by atoms with Gasteiger partial charge in [0, 0.05) is 17.7 Å². The summed E-state index contributed by atoms with van der Waals surface area (Å²) >= 11 is 3.46.